The summed E-state index contributed by atoms with van der Waals surface area (Å²) in [7, 11) is -10.9. The molecule has 0 saturated heterocycles. The number of hydrogen-bond acceptors (Lipinski definition) is 10. The van der Waals surface area contributed by atoms with Gasteiger partial charge in [-0.15, -0.1) is 0 Å². The first-order valence-corrected chi connectivity index (χ1v) is 8.55. The highest BCUT2D eigenvalue weighted by molar-refractivity contribution is 6.64. The Kier molecular flexibility index (Phi) is 24.8. The zero-order valence-corrected chi connectivity index (χ0v) is 12.1. The minimum Gasteiger partial charge on any atom is -0.400 e. The van der Waals surface area contributed by atoms with Gasteiger partial charge in [-0.2, -0.15) is 0 Å². The molecule has 0 saturated carbocycles. The van der Waals surface area contributed by atoms with E-state index in [0.717, 1.165) is 7.11 Å². The number of aliphatic hydroxyl groups is 2. The maximum absolute atomic E-state index is 8.53. The molecule has 0 spiro atoms. The van der Waals surface area contributed by atoms with Gasteiger partial charge in [-0.3, -0.25) is 0 Å². The van der Waals surface area contributed by atoms with Crippen molar-refractivity contribution in [3.8, 4) is 0 Å². The summed E-state index contributed by atoms with van der Waals surface area (Å²) in [5.41, 5.74) is 0. The predicted molar refractivity (Wildman–Crippen MR) is 63.2 cm³/mol. The minimum atomic E-state index is -4.71. The Balaban J connectivity index is -0.000000122. The number of aliphatic hydroxyl groups excluding tert-OH is 2. The lowest BCUT2D eigenvalue weighted by atomic mass is 10.9. The van der Waals surface area contributed by atoms with Crippen molar-refractivity contribution in [2.24, 2.45) is 0 Å². The maximum Gasteiger partial charge on any atom is 0.658 e. The molecule has 0 heterocycles. The fourth-order valence-corrected chi connectivity index (χ4v) is 3.22. The zero-order valence-electron chi connectivity index (χ0n) is 8.76. The van der Waals surface area contributed by atoms with Gasteiger partial charge in [-0.25, -0.2) is 0 Å². The molecule has 0 atom stereocenters. The van der Waals surface area contributed by atoms with Crippen LogP contribution in [0.25, 0.3) is 0 Å². The van der Waals surface area contributed by atoms with Crippen molar-refractivity contribution in [3.05, 3.63) is 0 Å². The lowest BCUT2D eigenvalue weighted by Gasteiger charge is -2.17. The number of rotatable bonds is 4. The predicted octanol–water partition coefficient (Wildman–Crippen LogP) is -4.91. The first kappa shape index (κ1) is 25.9. The van der Waals surface area contributed by atoms with E-state index in [1.165, 1.54) is 0 Å². The van der Waals surface area contributed by atoms with Gasteiger partial charge in [0.25, 0.3) is 0 Å². The van der Waals surface area contributed by atoms with Crippen LogP contribution >= 0.6 is 0 Å². The highest BCUT2D eigenvalue weighted by atomic mass is 28.5. The second-order valence-corrected chi connectivity index (χ2v) is 6.04. The van der Waals surface area contributed by atoms with Gasteiger partial charge >= 0.3 is 28.1 Å². The largest absolute Gasteiger partial charge is 0.658 e. The highest BCUT2D eigenvalue weighted by Crippen LogP contribution is 1.98. The van der Waals surface area contributed by atoms with Crippen LogP contribution in [0, 0.1) is 0 Å². The van der Waals surface area contributed by atoms with Gasteiger partial charge in [0.1, 0.15) is 0 Å². The summed E-state index contributed by atoms with van der Waals surface area (Å²) in [5.74, 6) is 0. The summed E-state index contributed by atoms with van der Waals surface area (Å²) in [6.07, 6.45) is 0. The normalized spacial score (nSPS) is 9.88. The fourth-order valence-electron chi connectivity index (χ4n) is 0.302. The molecule has 0 fully saturated rings. The first-order valence-electron chi connectivity index (χ1n) is 3.83. The molecule has 10 nitrogen and oxygen atoms in total. The average Bonchev–Trinajstić information content (AvgIpc) is 2.03. The van der Waals surface area contributed by atoms with Crippen LogP contribution < -0.4 is 0 Å². The van der Waals surface area contributed by atoms with Crippen molar-refractivity contribution in [1.82, 2.24) is 0 Å². The Labute approximate surface area is 104 Å². The molecule has 0 aromatic rings. The molecule has 0 aliphatic heterocycles. The molecule has 13 heteroatoms. The molecule has 0 radical (unpaired) electrons. The van der Waals surface area contributed by atoms with Crippen molar-refractivity contribution >= 4 is 28.1 Å². The van der Waals surface area contributed by atoms with Crippen molar-refractivity contribution in [3.63, 3.8) is 0 Å². The van der Waals surface area contributed by atoms with Crippen molar-refractivity contribution < 1.29 is 47.2 Å². The average molecular weight is 314 g/mol. The Morgan fingerprint density at radius 3 is 1.24 bits per heavy atom. The standard InChI is InChI=1S/C2H6O.CH4O.CH4.H8O8Si3/c1-2-3;1-2;;1-9(2)7-11(5,6)8-10(3)4/h3H,2H2,1H3;2H,1H3;1H4;1-6,9-10H. The van der Waals surface area contributed by atoms with E-state index in [1.54, 1.807) is 6.92 Å². The van der Waals surface area contributed by atoms with Crippen LogP contribution in [0.3, 0.4) is 0 Å². The van der Waals surface area contributed by atoms with Gasteiger partial charge in [0, 0.05) is 13.7 Å². The quantitative estimate of drug-likeness (QED) is 0.234. The van der Waals surface area contributed by atoms with Crippen LogP contribution in [-0.4, -0.2) is 80.8 Å². The van der Waals surface area contributed by atoms with E-state index in [4.69, 9.17) is 39.0 Å². The van der Waals surface area contributed by atoms with Gasteiger partial charge in [-0.05, 0) is 6.92 Å². The highest BCUT2D eigenvalue weighted by Gasteiger charge is 2.41. The Morgan fingerprint density at radius 2 is 1.12 bits per heavy atom. The van der Waals surface area contributed by atoms with Crippen LogP contribution in [0.5, 0.6) is 0 Å². The summed E-state index contributed by atoms with van der Waals surface area (Å²) < 4.78 is 7.48. The fraction of sp³-hybridized carbons (Fsp3) is 1.00. The van der Waals surface area contributed by atoms with Gasteiger partial charge in [0.2, 0.25) is 0 Å². The van der Waals surface area contributed by atoms with E-state index < -0.39 is 28.1 Å². The van der Waals surface area contributed by atoms with E-state index in [1.807, 2.05) is 0 Å². The van der Waals surface area contributed by atoms with Crippen molar-refractivity contribution in [1.29, 1.82) is 0 Å². The molecular weight excluding hydrogens is 292 g/mol. The molecular formula is C4H22O10Si3. The van der Waals surface area contributed by atoms with Crippen LogP contribution in [-0.2, 0) is 8.23 Å². The molecule has 0 aliphatic carbocycles. The Bertz CT molecular complexity index is 121. The van der Waals surface area contributed by atoms with E-state index in [-0.39, 0.29) is 14.0 Å². The Morgan fingerprint density at radius 1 is 0.941 bits per heavy atom. The van der Waals surface area contributed by atoms with E-state index in [2.05, 4.69) is 8.23 Å². The summed E-state index contributed by atoms with van der Waals surface area (Å²) in [6, 6.07) is 0. The number of hydrogen-bond donors (Lipinski definition) is 8. The summed E-state index contributed by atoms with van der Waals surface area (Å²) >= 11 is 0. The van der Waals surface area contributed by atoms with E-state index >= 15 is 0 Å². The van der Waals surface area contributed by atoms with Gasteiger partial charge < -0.3 is 47.2 Å². The monoisotopic (exact) mass is 314 g/mol. The first-order chi connectivity index (χ1) is 7.25. The summed E-state index contributed by atoms with van der Waals surface area (Å²) in [5, 5.41) is 14.6. The topological polar surface area (TPSA) is 180 Å². The second kappa shape index (κ2) is 16.3. The van der Waals surface area contributed by atoms with Crippen molar-refractivity contribution in [2.45, 2.75) is 14.4 Å². The van der Waals surface area contributed by atoms with Crippen LogP contribution in [0.1, 0.15) is 14.4 Å². The van der Waals surface area contributed by atoms with Gasteiger partial charge in [0.05, 0.1) is 0 Å². The third kappa shape index (κ3) is 31.4. The van der Waals surface area contributed by atoms with Crippen LogP contribution in [0.2, 0.25) is 0 Å². The summed E-state index contributed by atoms with van der Waals surface area (Å²) in [4.78, 5) is 49.7. The molecule has 0 rings (SSSR count). The molecule has 0 unspecified atom stereocenters. The molecule has 0 bridgehead atoms. The molecule has 110 valence electrons. The zero-order chi connectivity index (χ0) is 13.8. The smallest absolute Gasteiger partial charge is 0.400 e. The van der Waals surface area contributed by atoms with Gasteiger partial charge in [0.15, 0.2) is 0 Å². The van der Waals surface area contributed by atoms with Crippen LogP contribution in [0.15, 0.2) is 0 Å². The van der Waals surface area contributed by atoms with E-state index in [9.17, 15) is 0 Å². The molecule has 0 amide bonds. The third-order valence-electron chi connectivity index (χ3n) is 0.518. The Hall–Kier alpha value is 0.251. The maximum atomic E-state index is 8.53. The van der Waals surface area contributed by atoms with Gasteiger partial charge in [-0.1, -0.05) is 7.43 Å². The van der Waals surface area contributed by atoms with Crippen LogP contribution in [0.4, 0.5) is 0 Å². The molecule has 8 N–H and O–H groups in total. The molecule has 0 aromatic carbocycles. The lowest BCUT2D eigenvalue weighted by Crippen LogP contribution is -2.51. The molecule has 0 aromatic heterocycles. The molecule has 0 aliphatic rings. The molecule has 17 heavy (non-hydrogen) atoms. The van der Waals surface area contributed by atoms with Crippen molar-refractivity contribution in [2.75, 3.05) is 13.7 Å². The lowest BCUT2D eigenvalue weighted by molar-refractivity contribution is 0.0840. The minimum absolute atomic E-state index is 0. The third-order valence-corrected chi connectivity index (χ3v) is 4.66. The second-order valence-electron chi connectivity index (χ2n) is 1.75. The van der Waals surface area contributed by atoms with E-state index in [0.29, 0.717) is 0 Å². The summed E-state index contributed by atoms with van der Waals surface area (Å²) in [6.45, 7) is 1.93. The SMILES string of the molecule is C.CCO.CO.O[SiH](O)O[Si](O)(O)O[SiH](O)O.